The number of ether oxygens (including phenoxy) is 1. The summed E-state index contributed by atoms with van der Waals surface area (Å²) in [6, 6.07) is 22.2. The predicted octanol–water partition coefficient (Wildman–Crippen LogP) is 5.23. The van der Waals surface area contributed by atoms with E-state index < -0.39 is 28.5 Å². The average Bonchev–Trinajstić information content (AvgIpc) is 2.99. The molecule has 0 saturated heterocycles. The number of hydrogen-bond acceptors (Lipinski definition) is 6. The van der Waals surface area contributed by atoms with Gasteiger partial charge in [-0.1, -0.05) is 56.3 Å². The van der Waals surface area contributed by atoms with Crippen molar-refractivity contribution >= 4 is 39.3 Å². The Morgan fingerprint density at radius 2 is 1.57 bits per heavy atom. The third-order valence-corrected chi connectivity index (χ3v) is 9.21. The minimum absolute atomic E-state index is 0.0537. The first kappa shape index (κ1) is 33.0. The molecule has 10 heteroatoms. The Balaban J connectivity index is 2.02. The van der Waals surface area contributed by atoms with Gasteiger partial charge in [0.25, 0.3) is 10.0 Å². The Morgan fingerprint density at radius 1 is 0.929 bits per heavy atom. The quantitative estimate of drug-likeness (QED) is 0.236. The zero-order chi connectivity index (χ0) is 30.7. The van der Waals surface area contributed by atoms with Crippen molar-refractivity contribution in [1.29, 1.82) is 0 Å². The van der Waals surface area contributed by atoms with Crippen molar-refractivity contribution in [3.05, 3.63) is 84.4 Å². The van der Waals surface area contributed by atoms with Gasteiger partial charge in [0.15, 0.2) is 0 Å². The van der Waals surface area contributed by atoms with Crippen molar-refractivity contribution < 1.29 is 22.7 Å². The second-order valence-corrected chi connectivity index (χ2v) is 13.0. The van der Waals surface area contributed by atoms with Crippen LogP contribution in [0.15, 0.2) is 88.7 Å². The number of carbonyl (C=O) groups excluding carboxylic acids is 2. The Bertz CT molecular complexity index is 1410. The van der Waals surface area contributed by atoms with Gasteiger partial charge in [-0.05, 0) is 74.4 Å². The molecule has 0 aliphatic heterocycles. The largest absolute Gasteiger partial charge is 0.492 e. The zero-order valence-electron chi connectivity index (χ0n) is 24.9. The highest BCUT2D eigenvalue weighted by molar-refractivity contribution is 7.98. The fourth-order valence-corrected chi connectivity index (χ4v) is 6.18. The van der Waals surface area contributed by atoms with Gasteiger partial charge in [0, 0.05) is 18.0 Å². The van der Waals surface area contributed by atoms with E-state index in [-0.39, 0.29) is 29.0 Å². The van der Waals surface area contributed by atoms with Crippen molar-refractivity contribution in [2.24, 2.45) is 5.92 Å². The van der Waals surface area contributed by atoms with Crippen molar-refractivity contribution in [1.82, 2.24) is 10.2 Å². The molecule has 0 radical (unpaired) electrons. The SMILES string of the molecule is CCOc1ccccc1N(CC(=O)N(CCc1ccccc1)[C@H](C)C(=O)NCC(C)C)S(=O)(=O)c1ccc(SC)cc1. The highest BCUT2D eigenvalue weighted by atomic mass is 32.2. The lowest BCUT2D eigenvalue weighted by Gasteiger charge is -2.32. The molecule has 1 atom stereocenters. The Kier molecular flexibility index (Phi) is 12.3. The van der Waals surface area contributed by atoms with Crippen LogP contribution in [0.2, 0.25) is 0 Å². The summed E-state index contributed by atoms with van der Waals surface area (Å²) in [6.45, 7) is 7.99. The first-order chi connectivity index (χ1) is 20.1. The van der Waals surface area contributed by atoms with Crippen molar-refractivity contribution in [3.63, 3.8) is 0 Å². The van der Waals surface area contributed by atoms with E-state index in [1.165, 1.54) is 28.8 Å². The van der Waals surface area contributed by atoms with Crippen molar-refractivity contribution in [2.75, 3.05) is 36.8 Å². The first-order valence-electron chi connectivity index (χ1n) is 14.1. The molecule has 226 valence electrons. The van der Waals surface area contributed by atoms with Crippen LogP contribution in [0.4, 0.5) is 5.69 Å². The van der Waals surface area contributed by atoms with Crippen LogP contribution >= 0.6 is 11.8 Å². The molecule has 0 aromatic heterocycles. The molecule has 8 nitrogen and oxygen atoms in total. The molecule has 0 spiro atoms. The van der Waals surface area contributed by atoms with Gasteiger partial charge in [0.1, 0.15) is 18.3 Å². The second kappa shape index (κ2) is 15.7. The topological polar surface area (TPSA) is 96.0 Å². The number of anilines is 1. The minimum Gasteiger partial charge on any atom is -0.492 e. The number of rotatable bonds is 15. The number of sulfonamides is 1. The molecular weight excluding hydrogens is 571 g/mol. The lowest BCUT2D eigenvalue weighted by atomic mass is 10.1. The van der Waals surface area contributed by atoms with Crippen LogP contribution in [0.5, 0.6) is 5.75 Å². The van der Waals surface area contributed by atoms with Crippen LogP contribution in [0.1, 0.15) is 33.3 Å². The molecule has 42 heavy (non-hydrogen) atoms. The summed E-state index contributed by atoms with van der Waals surface area (Å²) in [6.07, 6.45) is 2.42. The van der Waals surface area contributed by atoms with E-state index in [9.17, 15) is 18.0 Å². The minimum atomic E-state index is -4.19. The maximum absolute atomic E-state index is 14.1. The smallest absolute Gasteiger partial charge is 0.264 e. The molecule has 3 aromatic carbocycles. The third-order valence-electron chi connectivity index (χ3n) is 6.70. The Hall–Kier alpha value is -3.50. The monoisotopic (exact) mass is 611 g/mol. The first-order valence-corrected chi connectivity index (χ1v) is 16.7. The zero-order valence-corrected chi connectivity index (χ0v) is 26.6. The molecule has 3 aromatic rings. The van der Waals surface area contributed by atoms with E-state index in [1.807, 2.05) is 57.4 Å². The van der Waals surface area contributed by atoms with Gasteiger partial charge in [-0.3, -0.25) is 13.9 Å². The lowest BCUT2D eigenvalue weighted by molar-refractivity contribution is -0.138. The van der Waals surface area contributed by atoms with E-state index >= 15 is 0 Å². The molecule has 0 unspecified atom stereocenters. The molecule has 2 amide bonds. The van der Waals surface area contributed by atoms with Gasteiger partial charge in [-0.15, -0.1) is 11.8 Å². The van der Waals surface area contributed by atoms with E-state index in [0.717, 1.165) is 14.8 Å². The molecular formula is C32H41N3O5S2. The van der Waals surface area contributed by atoms with E-state index in [2.05, 4.69) is 5.32 Å². The van der Waals surface area contributed by atoms with Gasteiger partial charge in [-0.25, -0.2) is 8.42 Å². The molecule has 0 saturated carbocycles. The molecule has 3 rings (SSSR count). The van der Waals surface area contributed by atoms with Crippen LogP contribution in [-0.4, -0.2) is 63.7 Å². The summed E-state index contributed by atoms with van der Waals surface area (Å²) < 4.78 is 35.1. The molecule has 0 heterocycles. The molecule has 0 aliphatic rings. The highest BCUT2D eigenvalue weighted by Crippen LogP contribution is 2.33. The van der Waals surface area contributed by atoms with E-state index in [0.29, 0.717) is 25.3 Å². The van der Waals surface area contributed by atoms with Crippen molar-refractivity contribution in [2.45, 2.75) is 49.9 Å². The third kappa shape index (κ3) is 8.75. The van der Waals surface area contributed by atoms with Crippen LogP contribution < -0.4 is 14.4 Å². The van der Waals surface area contributed by atoms with Crippen LogP contribution in [0.3, 0.4) is 0 Å². The molecule has 0 fully saturated rings. The van der Waals surface area contributed by atoms with Crippen molar-refractivity contribution in [3.8, 4) is 5.75 Å². The number of amides is 2. The maximum Gasteiger partial charge on any atom is 0.264 e. The normalized spacial score (nSPS) is 12.0. The van der Waals surface area contributed by atoms with Gasteiger partial charge in [0.2, 0.25) is 11.8 Å². The Morgan fingerprint density at radius 3 is 2.19 bits per heavy atom. The summed E-state index contributed by atoms with van der Waals surface area (Å²) in [5, 5.41) is 2.91. The summed E-state index contributed by atoms with van der Waals surface area (Å²) in [7, 11) is -4.19. The summed E-state index contributed by atoms with van der Waals surface area (Å²) >= 11 is 1.50. The standard InChI is InChI=1S/C32H41N3O5S2/c1-6-40-30-15-11-10-14-29(30)35(42(38,39)28-18-16-27(41-5)17-19-28)23-31(36)34(21-20-26-12-8-7-9-13-26)25(4)32(37)33-22-24(2)3/h7-19,24-25H,6,20-23H2,1-5H3,(H,33,37)/t25-/m1/s1. The maximum atomic E-state index is 14.1. The number of thioether (sulfide) groups is 1. The number of carbonyl (C=O) groups is 2. The summed E-state index contributed by atoms with van der Waals surface area (Å²) in [4.78, 5) is 29.6. The second-order valence-electron chi connectivity index (χ2n) is 10.2. The lowest BCUT2D eigenvalue weighted by Crippen LogP contribution is -2.52. The van der Waals surface area contributed by atoms with Crippen LogP contribution in [0.25, 0.3) is 0 Å². The summed E-state index contributed by atoms with van der Waals surface area (Å²) in [5.74, 6) is -0.200. The molecule has 1 N–H and O–H groups in total. The number of nitrogens with one attached hydrogen (secondary N) is 1. The van der Waals surface area contributed by atoms with E-state index in [1.54, 1.807) is 43.3 Å². The fraction of sp³-hybridized carbons (Fsp3) is 0.375. The predicted molar refractivity (Wildman–Crippen MR) is 170 cm³/mol. The van der Waals surface area contributed by atoms with Gasteiger partial charge in [0.05, 0.1) is 17.2 Å². The number of para-hydroxylation sites is 2. The molecule has 0 bridgehead atoms. The Labute approximate surface area is 254 Å². The van der Waals surface area contributed by atoms with Crippen LogP contribution in [0, 0.1) is 5.92 Å². The molecule has 0 aliphatic carbocycles. The highest BCUT2D eigenvalue weighted by Gasteiger charge is 2.33. The van der Waals surface area contributed by atoms with Gasteiger partial charge >= 0.3 is 0 Å². The van der Waals surface area contributed by atoms with Crippen LogP contribution in [-0.2, 0) is 26.0 Å². The number of hydrogen-bond donors (Lipinski definition) is 1. The number of nitrogens with zero attached hydrogens (tertiary/aromatic N) is 2. The van der Waals surface area contributed by atoms with Gasteiger partial charge in [-0.2, -0.15) is 0 Å². The number of benzene rings is 3. The van der Waals surface area contributed by atoms with E-state index in [4.69, 9.17) is 4.74 Å². The average molecular weight is 612 g/mol. The van der Waals surface area contributed by atoms with Gasteiger partial charge < -0.3 is 15.0 Å². The summed E-state index contributed by atoms with van der Waals surface area (Å²) in [5.41, 5.74) is 1.26. The fourth-order valence-electron chi connectivity index (χ4n) is 4.35.